The lowest BCUT2D eigenvalue weighted by atomic mass is 9.99. The van der Waals surface area contributed by atoms with Crippen molar-refractivity contribution in [3.63, 3.8) is 0 Å². The van der Waals surface area contributed by atoms with Crippen molar-refractivity contribution in [1.82, 2.24) is 0 Å². The lowest BCUT2D eigenvalue weighted by Crippen LogP contribution is -2.59. The van der Waals surface area contributed by atoms with E-state index in [-0.39, 0.29) is 26.1 Å². The number of rotatable bonds is 35. The highest BCUT2D eigenvalue weighted by atomic mass is 16.7. The van der Waals surface area contributed by atoms with Crippen LogP contribution in [0, 0.1) is 0 Å². The third-order valence-corrected chi connectivity index (χ3v) is 9.65. The monoisotopic (exact) mass is 803 g/mol. The first-order chi connectivity index (χ1) is 27.8. The molecule has 0 amide bonds. The van der Waals surface area contributed by atoms with Crippen molar-refractivity contribution in [2.24, 2.45) is 0 Å². The Balaban J connectivity index is 2.33. The van der Waals surface area contributed by atoms with Crippen LogP contribution in [-0.2, 0) is 28.5 Å². The van der Waals surface area contributed by atoms with Gasteiger partial charge in [0.1, 0.15) is 31.0 Å². The molecule has 4 N–H and O–H groups in total. The summed E-state index contributed by atoms with van der Waals surface area (Å²) in [6.45, 7) is 3.14. The fraction of sp³-hybridized carbons (Fsp3) is 0.702. The van der Waals surface area contributed by atoms with Gasteiger partial charge < -0.3 is 39.4 Å². The summed E-state index contributed by atoms with van der Waals surface area (Å²) in [5, 5.41) is 40.0. The fourth-order valence-corrected chi connectivity index (χ4v) is 6.20. The number of unbranched alkanes of at least 4 members (excludes halogenated alkanes) is 14. The largest absolute Gasteiger partial charge is 0.462 e. The third kappa shape index (κ3) is 29.1. The molecule has 1 aliphatic rings. The topological polar surface area (TPSA) is 152 Å². The van der Waals surface area contributed by atoms with Crippen molar-refractivity contribution in [3.05, 3.63) is 72.9 Å². The molecule has 1 fully saturated rings. The van der Waals surface area contributed by atoms with Crippen LogP contribution < -0.4 is 0 Å². The zero-order chi connectivity index (χ0) is 41.6. The minimum atomic E-state index is -1.60. The average molecular weight is 803 g/mol. The van der Waals surface area contributed by atoms with E-state index >= 15 is 0 Å². The molecule has 0 radical (unpaired) electrons. The van der Waals surface area contributed by atoms with Crippen LogP contribution in [0.25, 0.3) is 0 Å². The molecule has 1 heterocycles. The molecule has 1 saturated heterocycles. The molecule has 6 atom stereocenters. The van der Waals surface area contributed by atoms with Gasteiger partial charge >= 0.3 is 11.9 Å². The van der Waals surface area contributed by atoms with Crippen molar-refractivity contribution in [3.8, 4) is 0 Å². The van der Waals surface area contributed by atoms with Crippen molar-refractivity contribution < 1.29 is 49.0 Å². The number of ether oxygens (including phenoxy) is 4. The number of hydrogen-bond acceptors (Lipinski definition) is 10. The van der Waals surface area contributed by atoms with Gasteiger partial charge in [0.2, 0.25) is 0 Å². The lowest BCUT2D eigenvalue weighted by molar-refractivity contribution is -0.305. The molecule has 326 valence electrons. The van der Waals surface area contributed by atoms with Crippen LogP contribution in [0.1, 0.15) is 155 Å². The van der Waals surface area contributed by atoms with Crippen LogP contribution in [0.5, 0.6) is 0 Å². The Morgan fingerprint density at radius 2 is 1.07 bits per heavy atom. The van der Waals surface area contributed by atoms with Gasteiger partial charge in [-0.2, -0.15) is 0 Å². The van der Waals surface area contributed by atoms with Crippen LogP contribution >= 0.6 is 0 Å². The minimum absolute atomic E-state index is 0.202. The van der Waals surface area contributed by atoms with Crippen LogP contribution in [0.4, 0.5) is 0 Å². The third-order valence-electron chi connectivity index (χ3n) is 9.65. The number of carbonyl (C=O) groups is 2. The summed E-state index contributed by atoms with van der Waals surface area (Å²) in [4.78, 5) is 25.3. The standard InChI is InChI=1S/C47H78O10/c1-3-5-7-9-11-13-15-17-18-19-20-21-22-24-25-27-29-31-33-35-42(49)54-38-40(39-55-47-46(53)45(52)44(51)41(37-48)57-47)56-43(50)36-34-32-30-28-26-23-16-14-12-10-8-6-4-2/h5-8,10-14,16-18,40-41,44-48,51-53H,3-4,9,15,19-39H2,1-2H3/b7-5+,8-6+,12-10+,13-11+,16-14+,18-17+/t40?,41-,44+,45?,46?,47-/m0/s1. The van der Waals surface area contributed by atoms with Crippen molar-refractivity contribution in [2.45, 2.75) is 192 Å². The smallest absolute Gasteiger partial charge is 0.306 e. The molecule has 0 aromatic carbocycles. The van der Waals surface area contributed by atoms with Crippen LogP contribution in [0.3, 0.4) is 0 Å². The highest BCUT2D eigenvalue weighted by Gasteiger charge is 2.44. The van der Waals surface area contributed by atoms with Crippen molar-refractivity contribution in [2.75, 3.05) is 19.8 Å². The number of allylic oxidation sites excluding steroid dienone is 12. The average Bonchev–Trinajstić information content (AvgIpc) is 3.21. The maximum atomic E-state index is 12.7. The summed E-state index contributed by atoms with van der Waals surface area (Å²) in [5.74, 6) is -0.843. The predicted octanol–water partition coefficient (Wildman–Crippen LogP) is 9.22. The molecule has 3 unspecified atom stereocenters. The molecule has 1 aliphatic heterocycles. The lowest BCUT2D eigenvalue weighted by Gasteiger charge is -2.39. The first-order valence-corrected chi connectivity index (χ1v) is 22.0. The van der Waals surface area contributed by atoms with E-state index in [0.29, 0.717) is 12.8 Å². The summed E-state index contributed by atoms with van der Waals surface area (Å²) in [6, 6.07) is 0. The second-order valence-corrected chi connectivity index (χ2v) is 14.8. The molecule has 1 rings (SSSR count). The van der Waals surface area contributed by atoms with E-state index in [1.54, 1.807) is 0 Å². The van der Waals surface area contributed by atoms with E-state index in [4.69, 9.17) is 18.9 Å². The van der Waals surface area contributed by atoms with E-state index in [2.05, 4.69) is 68.5 Å². The van der Waals surface area contributed by atoms with E-state index < -0.39 is 55.4 Å². The Labute approximate surface area is 344 Å². The highest BCUT2D eigenvalue weighted by Crippen LogP contribution is 2.22. The number of aliphatic hydroxyl groups excluding tert-OH is 4. The van der Waals surface area contributed by atoms with E-state index in [9.17, 15) is 30.0 Å². The van der Waals surface area contributed by atoms with E-state index in [0.717, 1.165) is 83.5 Å². The van der Waals surface area contributed by atoms with Gasteiger partial charge in [0.15, 0.2) is 12.4 Å². The number of esters is 2. The molecule has 10 heteroatoms. The van der Waals surface area contributed by atoms with Gasteiger partial charge in [0.05, 0.1) is 13.2 Å². The van der Waals surface area contributed by atoms with Gasteiger partial charge in [-0.15, -0.1) is 0 Å². The summed E-state index contributed by atoms with van der Waals surface area (Å²) < 4.78 is 22.1. The summed E-state index contributed by atoms with van der Waals surface area (Å²) in [5.41, 5.74) is 0. The quantitative estimate of drug-likeness (QED) is 0.0211. The summed E-state index contributed by atoms with van der Waals surface area (Å²) in [7, 11) is 0. The first kappa shape index (κ1) is 52.2. The van der Waals surface area contributed by atoms with Gasteiger partial charge in [-0.1, -0.05) is 151 Å². The molecule has 0 aliphatic carbocycles. The fourth-order valence-electron chi connectivity index (χ4n) is 6.20. The Morgan fingerprint density at radius 3 is 1.67 bits per heavy atom. The highest BCUT2D eigenvalue weighted by molar-refractivity contribution is 5.70. The Morgan fingerprint density at radius 1 is 0.561 bits per heavy atom. The van der Waals surface area contributed by atoms with Crippen LogP contribution in [0.15, 0.2) is 72.9 Å². The van der Waals surface area contributed by atoms with Gasteiger partial charge in [0.25, 0.3) is 0 Å². The Hall–Kier alpha value is -2.86. The SMILES string of the molecule is CC/C=C/C=C/C=C/CCCCCCCC(=O)OC(COC(=O)CCCCCCCCCCC/C=C/C/C=C/C/C=C/CC)CO[C@H]1O[C@@H](CO)[C@@H](O)C(O)C1O. The van der Waals surface area contributed by atoms with Crippen molar-refractivity contribution in [1.29, 1.82) is 0 Å². The molecular weight excluding hydrogens is 725 g/mol. The van der Waals surface area contributed by atoms with Gasteiger partial charge in [-0.05, 0) is 64.2 Å². The van der Waals surface area contributed by atoms with Crippen LogP contribution in [0.2, 0.25) is 0 Å². The maximum absolute atomic E-state index is 12.7. The molecule has 0 aromatic rings. The second kappa shape index (κ2) is 37.4. The molecule has 10 nitrogen and oxygen atoms in total. The van der Waals surface area contributed by atoms with E-state index in [1.807, 2.05) is 18.2 Å². The Kier molecular flexibility index (Phi) is 34.2. The van der Waals surface area contributed by atoms with Crippen LogP contribution in [-0.4, -0.2) is 89.0 Å². The second-order valence-electron chi connectivity index (χ2n) is 14.8. The molecular formula is C47H78O10. The summed E-state index contributed by atoms with van der Waals surface area (Å²) in [6.07, 6.45) is 39.1. The zero-order valence-corrected chi connectivity index (χ0v) is 35.3. The normalized spacial score (nSPS) is 21.0. The van der Waals surface area contributed by atoms with E-state index in [1.165, 1.54) is 32.1 Å². The van der Waals surface area contributed by atoms with Gasteiger partial charge in [-0.3, -0.25) is 9.59 Å². The molecule has 57 heavy (non-hydrogen) atoms. The number of hydrogen-bond donors (Lipinski definition) is 4. The van der Waals surface area contributed by atoms with Gasteiger partial charge in [-0.25, -0.2) is 0 Å². The Bertz CT molecular complexity index is 1160. The first-order valence-electron chi connectivity index (χ1n) is 22.0. The molecule has 0 aromatic heterocycles. The molecule has 0 spiro atoms. The zero-order valence-electron chi connectivity index (χ0n) is 35.3. The molecule has 0 bridgehead atoms. The minimum Gasteiger partial charge on any atom is -0.462 e. The van der Waals surface area contributed by atoms with Crippen molar-refractivity contribution >= 4 is 11.9 Å². The number of aliphatic hydroxyl groups is 4. The maximum Gasteiger partial charge on any atom is 0.306 e. The summed E-state index contributed by atoms with van der Waals surface area (Å²) >= 11 is 0. The predicted molar refractivity (Wildman–Crippen MR) is 228 cm³/mol. The number of carbonyl (C=O) groups excluding carboxylic acids is 2. The molecule has 0 saturated carbocycles. The van der Waals surface area contributed by atoms with Gasteiger partial charge in [0, 0.05) is 12.8 Å².